The highest BCUT2D eigenvalue weighted by Gasteiger charge is 2.36. The summed E-state index contributed by atoms with van der Waals surface area (Å²) in [6, 6.07) is 0.672. The Morgan fingerprint density at radius 3 is 2.78 bits per heavy atom. The summed E-state index contributed by atoms with van der Waals surface area (Å²) >= 11 is 0. The number of likely N-dealkylation sites (tertiary alicyclic amines) is 1. The fraction of sp³-hybridized carbons (Fsp3) is 0.636. The first-order valence-electron chi connectivity index (χ1n) is 5.79. The molecule has 7 heteroatoms. The van der Waals surface area contributed by atoms with Gasteiger partial charge >= 0.3 is 6.18 Å². The van der Waals surface area contributed by atoms with E-state index in [0.29, 0.717) is 18.7 Å². The number of carbonyl (C=O) groups excluding carboxylic acids is 1. The molecule has 1 N–H and O–H groups in total. The van der Waals surface area contributed by atoms with E-state index < -0.39 is 11.9 Å². The Hall–Kier alpha value is -1.53. The third-order valence-corrected chi connectivity index (χ3v) is 3.15. The minimum atomic E-state index is -4.45. The van der Waals surface area contributed by atoms with E-state index in [4.69, 9.17) is 0 Å². The molecule has 2 heterocycles. The number of hydrogen-bond donors (Lipinski definition) is 1. The van der Waals surface area contributed by atoms with Gasteiger partial charge in [-0.05, 0) is 25.3 Å². The first-order chi connectivity index (χ1) is 8.39. The summed E-state index contributed by atoms with van der Waals surface area (Å²) in [5, 5.41) is 5.67. The van der Waals surface area contributed by atoms with Crippen LogP contribution in [0, 0.1) is 0 Å². The zero-order valence-corrected chi connectivity index (χ0v) is 9.92. The molecule has 1 aromatic heterocycles. The molecule has 1 aliphatic rings. The lowest BCUT2D eigenvalue weighted by Gasteiger charge is -2.34. The average molecular weight is 261 g/mol. The number of aromatic nitrogens is 2. The van der Waals surface area contributed by atoms with E-state index in [1.165, 1.54) is 6.92 Å². The first-order valence-corrected chi connectivity index (χ1v) is 5.79. The van der Waals surface area contributed by atoms with Gasteiger partial charge in [0.15, 0.2) is 5.69 Å². The number of amides is 1. The van der Waals surface area contributed by atoms with Crippen LogP contribution in [0.4, 0.5) is 13.2 Å². The molecule has 2 rings (SSSR count). The molecule has 1 fully saturated rings. The third-order valence-electron chi connectivity index (χ3n) is 3.15. The molecule has 0 saturated carbocycles. The topological polar surface area (TPSA) is 49.0 Å². The Morgan fingerprint density at radius 2 is 2.22 bits per heavy atom. The molecule has 1 saturated heterocycles. The van der Waals surface area contributed by atoms with Gasteiger partial charge in [-0.2, -0.15) is 18.3 Å². The smallest absolute Gasteiger partial charge is 0.334 e. The minimum absolute atomic E-state index is 0.122. The van der Waals surface area contributed by atoms with Gasteiger partial charge in [0.2, 0.25) is 5.91 Å². The van der Waals surface area contributed by atoms with E-state index >= 15 is 0 Å². The van der Waals surface area contributed by atoms with Gasteiger partial charge in [0.25, 0.3) is 0 Å². The van der Waals surface area contributed by atoms with E-state index in [2.05, 4.69) is 10.2 Å². The number of aromatic amines is 1. The summed E-state index contributed by atoms with van der Waals surface area (Å²) < 4.78 is 37.4. The number of carbonyl (C=O) groups is 1. The van der Waals surface area contributed by atoms with Crippen LogP contribution in [-0.4, -0.2) is 27.5 Å². The summed E-state index contributed by atoms with van der Waals surface area (Å²) in [5.74, 6) is -0.122. The van der Waals surface area contributed by atoms with E-state index in [0.717, 1.165) is 18.9 Å². The SMILES string of the molecule is CC(=O)N1CCCC[C@@H]1c1cc(C(F)(F)F)n[nH]1. The number of hydrogen-bond acceptors (Lipinski definition) is 2. The maximum Gasteiger partial charge on any atom is 0.435 e. The normalized spacial score (nSPS) is 21.1. The summed E-state index contributed by atoms with van der Waals surface area (Å²) in [6.07, 6.45) is -2.01. The maximum absolute atomic E-state index is 12.5. The second-order valence-corrected chi connectivity index (χ2v) is 4.43. The standard InChI is InChI=1S/C11H14F3N3O/c1-7(18)17-5-3-2-4-9(17)8-6-10(16-15-8)11(12,13)14/h6,9H,2-5H2,1H3,(H,15,16)/t9-/m1/s1. The number of nitrogens with one attached hydrogen (secondary N) is 1. The van der Waals surface area contributed by atoms with Gasteiger partial charge in [0.1, 0.15) is 0 Å². The summed E-state index contributed by atoms with van der Waals surface area (Å²) in [6.45, 7) is 2.01. The summed E-state index contributed by atoms with van der Waals surface area (Å²) in [5.41, 5.74) is -0.580. The van der Waals surface area contributed by atoms with Gasteiger partial charge in [0, 0.05) is 13.5 Å². The van der Waals surface area contributed by atoms with E-state index in [-0.39, 0.29) is 11.9 Å². The van der Waals surface area contributed by atoms with Crippen LogP contribution in [-0.2, 0) is 11.0 Å². The third kappa shape index (κ3) is 2.49. The maximum atomic E-state index is 12.5. The highest BCUT2D eigenvalue weighted by Crippen LogP contribution is 2.33. The second kappa shape index (κ2) is 4.62. The Morgan fingerprint density at radius 1 is 1.50 bits per heavy atom. The molecule has 4 nitrogen and oxygen atoms in total. The molecule has 1 aromatic rings. The molecule has 100 valence electrons. The molecule has 0 spiro atoms. The van der Waals surface area contributed by atoms with Crippen molar-refractivity contribution in [3.8, 4) is 0 Å². The Bertz CT molecular complexity index is 441. The molecule has 18 heavy (non-hydrogen) atoms. The summed E-state index contributed by atoms with van der Waals surface area (Å²) in [7, 11) is 0. The van der Waals surface area contributed by atoms with Crippen molar-refractivity contribution in [2.75, 3.05) is 6.54 Å². The molecule has 0 bridgehead atoms. The fourth-order valence-corrected chi connectivity index (χ4v) is 2.28. The van der Waals surface area contributed by atoms with Crippen molar-refractivity contribution >= 4 is 5.91 Å². The Labute approximate surface area is 102 Å². The van der Waals surface area contributed by atoms with E-state index in [1.807, 2.05) is 0 Å². The first kappa shape index (κ1) is 12.9. The molecular weight excluding hydrogens is 247 g/mol. The van der Waals surface area contributed by atoms with Gasteiger partial charge < -0.3 is 4.90 Å². The zero-order valence-electron chi connectivity index (χ0n) is 9.92. The largest absolute Gasteiger partial charge is 0.435 e. The highest BCUT2D eigenvalue weighted by molar-refractivity contribution is 5.73. The summed E-state index contributed by atoms with van der Waals surface area (Å²) in [4.78, 5) is 13.1. The number of piperidine rings is 1. The number of rotatable bonds is 1. The van der Waals surface area contributed by atoms with Crippen LogP contribution in [0.2, 0.25) is 0 Å². The van der Waals surface area contributed by atoms with E-state index in [1.54, 1.807) is 4.90 Å². The molecule has 1 atom stereocenters. The molecular formula is C11H14F3N3O. The molecule has 0 aliphatic carbocycles. The van der Waals surface area contributed by atoms with Crippen LogP contribution in [0.25, 0.3) is 0 Å². The molecule has 1 amide bonds. The fourth-order valence-electron chi connectivity index (χ4n) is 2.28. The number of H-pyrrole nitrogens is 1. The van der Waals surface area contributed by atoms with Crippen molar-refractivity contribution in [3.05, 3.63) is 17.5 Å². The van der Waals surface area contributed by atoms with Gasteiger partial charge in [-0.25, -0.2) is 0 Å². The lowest BCUT2D eigenvalue weighted by atomic mass is 9.99. The predicted molar refractivity (Wildman–Crippen MR) is 57.6 cm³/mol. The lowest BCUT2D eigenvalue weighted by molar-refractivity contribution is -0.141. The molecule has 0 aromatic carbocycles. The minimum Gasteiger partial charge on any atom is -0.334 e. The molecule has 0 unspecified atom stereocenters. The van der Waals surface area contributed by atoms with Crippen molar-refractivity contribution in [3.63, 3.8) is 0 Å². The quantitative estimate of drug-likeness (QED) is 0.844. The van der Waals surface area contributed by atoms with Crippen molar-refractivity contribution < 1.29 is 18.0 Å². The molecule has 1 aliphatic heterocycles. The average Bonchev–Trinajstić information content (AvgIpc) is 2.77. The predicted octanol–water partition coefficient (Wildman–Crippen LogP) is 2.50. The van der Waals surface area contributed by atoms with Crippen molar-refractivity contribution in [1.29, 1.82) is 0 Å². The van der Waals surface area contributed by atoms with Crippen molar-refractivity contribution in [2.45, 2.75) is 38.4 Å². The van der Waals surface area contributed by atoms with Crippen LogP contribution in [0.1, 0.15) is 43.6 Å². The van der Waals surface area contributed by atoms with Gasteiger partial charge in [-0.15, -0.1) is 0 Å². The van der Waals surface area contributed by atoms with Crippen LogP contribution >= 0.6 is 0 Å². The van der Waals surface area contributed by atoms with Crippen LogP contribution in [0.3, 0.4) is 0 Å². The van der Waals surface area contributed by atoms with E-state index in [9.17, 15) is 18.0 Å². The van der Waals surface area contributed by atoms with Gasteiger partial charge in [-0.3, -0.25) is 9.89 Å². The Kier molecular flexibility index (Phi) is 3.32. The van der Waals surface area contributed by atoms with Crippen LogP contribution in [0.5, 0.6) is 0 Å². The van der Waals surface area contributed by atoms with Gasteiger partial charge in [-0.1, -0.05) is 0 Å². The number of nitrogens with zero attached hydrogens (tertiary/aromatic N) is 2. The zero-order chi connectivity index (χ0) is 13.3. The monoisotopic (exact) mass is 261 g/mol. The molecule has 0 radical (unpaired) electrons. The number of alkyl halides is 3. The Balaban J connectivity index is 2.24. The number of halogens is 3. The second-order valence-electron chi connectivity index (χ2n) is 4.43. The van der Waals surface area contributed by atoms with Crippen molar-refractivity contribution in [2.24, 2.45) is 0 Å². The lowest BCUT2D eigenvalue weighted by Crippen LogP contribution is -2.37. The highest BCUT2D eigenvalue weighted by atomic mass is 19.4. The van der Waals surface area contributed by atoms with Crippen LogP contribution in [0.15, 0.2) is 6.07 Å². The van der Waals surface area contributed by atoms with Crippen LogP contribution < -0.4 is 0 Å². The van der Waals surface area contributed by atoms with Crippen molar-refractivity contribution in [1.82, 2.24) is 15.1 Å². The van der Waals surface area contributed by atoms with Gasteiger partial charge in [0.05, 0.1) is 11.7 Å².